The summed E-state index contributed by atoms with van der Waals surface area (Å²) in [7, 11) is 0. The van der Waals surface area contributed by atoms with Gasteiger partial charge in [0.1, 0.15) is 12.1 Å². The quantitative estimate of drug-likeness (QED) is 0.831. The maximum Gasteiger partial charge on any atom is 0.150 e. The molecule has 0 amide bonds. The first-order valence-corrected chi connectivity index (χ1v) is 8.00. The van der Waals surface area contributed by atoms with Gasteiger partial charge in [0.25, 0.3) is 0 Å². The number of thiophene rings is 1. The van der Waals surface area contributed by atoms with Crippen LogP contribution in [0.15, 0.2) is 11.7 Å². The molecule has 4 nitrogen and oxygen atoms in total. The van der Waals surface area contributed by atoms with E-state index in [0.29, 0.717) is 17.3 Å². The lowest BCUT2D eigenvalue weighted by atomic mass is 10.2. The molecule has 0 fully saturated rings. The Morgan fingerprint density at radius 2 is 2.20 bits per heavy atom. The summed E-state index contributed by atoms with van der Waals surface area (Å²) in [4.78, 5) is 11.7. The van der Waals surface area contributed by atoms with Gasteiger partial charge in [0, 0.05) is 19.5 Å². The first-order chi connectivity index (χ1) is 9.49. The van der Waals surface area contributed by atoms with E-state index in [0.717, 1.165) is 29.1 Å². The molecule has 0 atom stereocenters. The first kappa shape index (κ1) is 15.1. The molecule has 20 heavy (non-hydrogen) atoms. The average Bonchev–Trinajstić information content (AvgIpc) is 2.76. The molecule has 0 aromatic carbocycles. The SMILES string of the molecule is Cc1csc2c(N(CCC(N)=S)CC(C)C)ncnc12. The molecule has 0 radical (unpaired) electrons. The van der Waals surface area contributed by atoms with Gasteiger partial charge in [-0.2, -0.15) is 0 Å². The Kier molecular flexibility index (Phi) is 4.88. The molecule has 0 bridgehead atoms. The zero-order valence-electron chi connectivity index (χ0n) is 12.1. The number of aryl methyl sites for hydroxylation is 1. The average molecular weight is 308 g/mol. The Morgan fingerprint density at radius 3 is 2.85 bits per heavy atom. The van der Waals surface area contributed by atoms with Crippen molar-refractivity contribution >= 4 is 44.6 Å². The molecule has 6 heteroatoms. The molecular weight excluding hydrogens is 288 g/mol. The minimum absolute atomic E-state index is 0.548. The predicted molar refractivity (Wildman–Crippen MR) is 90.6 cm³/mol. The zero-order chi connectivity index (χ0) is 14.7. The van der Waals surface area contributed by atoms with Crippen molar-refractivity contribution in [2.45, 2.75) is 27.2 Å². The van der Waals surface area contributed by atoms with Crippen molar-refractivity contribution in [2.75, 3.05) is 18.0 Å². The van der Waals surface area contributed by atoms with Gasteiger partial charge < -0.3 is 10.6 Å². The molecular formula is C14H20N4S2. The summed E-state index contributed by atoms with van der Waals surface area (Å²) >= 11 is 6.70. The van der Waals surface area contributed by atoms with Crippen LogP contribution in [0.3, 0.4) is 0 Å². The Morgan fingerprint density at radius 1 is 1.45 bits per heavy atom. The minimum Gasteiger partial charge on any atom is -0.393 e. The number of thiocarbonyl (C=S) groups is 1. The lowest BCUT2D eigenvalue weighted by Crippen LogP contribution is -2.31. The van der Waals surface area contributed by atoms with Gasteiger partial charge in [-0.15, -0.1) is 11.3 Å². The molecule has 2 aromatic heterocycles. The third-order valence-corrected chi connectivity index (χ3v) is 4.31. The highest BCUT2D eigenvalue weighted by molar-refractivity contribution is 7.80. The zero-order valence-corrected chi connectivity index (χ0v) is 13.7. The second-order valence-electron chi connectivity index (χ2n) is 5.35. The molecule has 2 aromatic rings. The largest absolute Gasteiger partial charge is 0.393 e. The summed E-state index contributed by atoms with van der Waals surface area (Å²) in [5, 5.41) is 2.13. The molecule has 0 aliphatic rings. The van der Waals surface area contributed by atoms with Crippen molar-refractivity contribution in [3.63, 3.8) is 0 Å². The van der Waals surface area contributed by atoms with Gasteiger partial charge in [-0.25, -0.2) is 9.97 Å². The van der Waals surface area contributed by atoms with Crippen molar-refractivity contribution in [3.8, 4) is 0 Å². The number of aromatic nitrogens is 2. The van der Waals surface area contributed by atoms with Crippen LogP contribution in [0.4, 0.5) is 5.82 Å². The van der Waals surface area contributed by atoms with E-state index in [1.807, 2.05) is 0 Å². The molecule has 0 saturated heterocycles. The predicted octanol–water partition coefficient (Wildman–Crippen LogP) is 3.14. The Balaban J connectivity index is 2.36. The Labute approximate surface area is 129 Å². The van der Waals surface area contributed by atoms with Crippen LogP contribution in [0.5, 0.6) is 0 Å². The lowest BCUT2D eigenvalue weighted by Gasteiger charge is -2.25. The number of anilines is 1. The van der Waals surface area contributed by atoms with E-state index < -0.39 is 0 Å². The van der Waals surface area contributed by atoms with Crippen molar-refractivity contribution in [1.29, 1.82) is 0 Å². The molecule has 0 aliphatic heterocycles. The van der Waals surface area contributed by atoms with Crippen LogP contribution in [0.1, 0.15) is 25.8 Å². The van der Waals surface area contributed by atoms with Crippen LogP contribution in [0.2, 0.25) is 0 Å². The van der Waals surface area contributed by atoms with Crippen LogP contribution in [-0.2, 0) is 0 Å². The lowest BCUT2D eigenvalue weighted by molar-refractivity contribution is 0.610. The fourth-order valence-corrected chi connectivity index (χ4v) is 3.26. The highest BCUT2D eigenvalue weighted by atomic mass is 32.1. The number of nitrogens with two attached hydrogens (primary N) is 1. The number of hydrogen-bond donors (Lipinski definition) is 1. The summed E-state index contributed by atoms with van der Waals surface area (Å²) in [5.41, 5.74) is 7.89. The highest BCUT2D eigenvalue weighted by Gasteiger charge is 2.16. The van der Waals surface area contributed by atoms with Crippen LogP contribution in [0, 0.1) is 12.8 Å². The number of fused-ring (bicyclic) bond motifs is 1. The molecule has 0 unspecified atom stereocenters. The number of rotatable bonds is 6. The molecule has 0 aliphatic carbocycles. The normalized spacial score (nSPS) is 11.2. The van der Waals surface area contributed by atoms with Crippen LogP contribution >= 0.6 is 23.6 Å². The van der Waals surface area contributed by atoms with Crippen molar-refractivity contribution in [1.82, 2.24) is 9.97 Å². The minimum atomic E-state index is 0.548. The van der Waals surface area contributed by atoms with E-state index in [4.69, 9.17) is 18.0 Å². The summed E-state index contributed by atoms with van der Waals surface area (Å²) in [6, 6.07) is 0. The molecule has 108 valence electrons. The van der Waals surface area contributed by atoms with Gasteiger partial charge in [-0.05, 0) is 23.8 Å². The van der Waals surface area contributed by atoms with E-state index in [9.17, 15) is 0 Å². The van der Waals surface area contributed by atoms with Gasteiger partial charge in [0.05, 0.1) is 15.2 Å². The second kappa shape index (κ2) is 6.45. The van der Waals surface area contributed by atoms with Gasteiger partial charge >= 0.3 is 0 Å². The Hall–Kier alpha value is -1.27. The van der Waals surface area contributed by atoms with E-state index in [1.165, 1.54) is 5.56 Å². The van der Waals surface area contributed by atoms with Gasteiger partial charge in [-0.3, -0.25) is 0 Å². The smallest absolute Gasteiger partial charge is 0.150 e. The van der Waals surface area contributed by atoms with E-state index in [1.54, 1.807) is 17.7 Å². The monoisotopic (exact) mass is 308 g/mol. The van der Waals surface area contributed by atoms with E-state index >= 15 is 0 Å². The van der Waals surface area contributed by atoms with Gasteiger partial charge in [0.15, 0.2) is 0 Å². The maximum atomic E-state index is 5.64. The van der Waals surface area contributed by atoms with Crippen molar-refractivity contribution < 1.29 is 0 Å². The topological polar surface area (TPSA) is 55.0 Å². The van der Waals surface area contributed by atoms with Crippen LogP contribution in [0.25, 0.3) is 10.2 Å². The molecule has 2 rings (SSSR count). The van der Waals surface area contributed by atoms with Gasteiger partial charge in [0.2, 0.25) is 0 Å². The first-order valence-electron chi connectivity index (χ1n) is 6.71. The maximum absolute atomic E-state index is 5.64. The van der Waals surface area contributed by atoms with Crippen molar-refractivity contribution in [2.24, 2.45) is 11.7 Å². The summed E-state index contributed by atoms with van der Waals surface area (Å²) in [6.45, 7) is 8.22. The highest BCUT2D eigenvalue weighted by Crippen LogP contribution is 2.31. The summed E-state index contributed by atoms with van der Waals surface area (Å²) in [6.07, 6.45) is 2.35. The molecule has 0 spiro atoms. The molecule has 2 N–H and O–H groups in total. The van der Waals surface area contributed by atoms with Crippen LogP contribution < -0.4 is 10.6 Å². The van der Waals surface area contributed by atoms with Gasteiger partial charge in [-0.1, -0.05) is 26.1 Å². The fourth-order valence-electron chi connectivity index (χ4n) is 2.15. The summed E-state index contributed by atoms with van der Waals surface area (Å²) in [5.74, 6) is 1.55. The second-order valence-corrected chi connectivity index (χ2v) is 6.75. The molecule has 2 heterocycles. The Bertz CT molecular complexity index is 606. The van der Waals surface area contributed by atoms with Crippen molar-refractivity contribution in [3.05, 3.63) is 17.3 Å². The third-order valence-electron chi connectivity index (χ3n) is 3.03. The number of hydrogen-bond acceptors (Lipinski definition) is 5. The third kappa shape index (κ3) is 3.43. The van der Waals surface area contributed by atoms with Crippen LogP contribution in [-0.4, -0.2) is 28.0 Å². The standard InChI is InChI=1S/C14H20N4S2/c1-9(2)6-18(5-4-11(15)19)14-13-12(16-8-17-14)10(3)7-20-13/h7-9H,4-6H2,1-3H3,(H2,15,19). The molecule has 0 saturated carbocycles. The summed E-state index contributed by atoms with van der Waals surface area (Å²) < 4.78 is 1.15. The van der Waals surface area contributed by atoms with E-state index in [2.05, 4.69) is 41.0 Å². The fraction of sp³-hybridized carbons (Fsp3) is 0.500. The number of nitrogens with zero attached hydrogens (tertiary/aromatic N) is 3. The van der Waals surface area contributed by atoms with E-state index in [-0.39, 0.29) is 0 Å².